The third-order valence-corrected chi connectivity index (χ3v) is 5.06. The fourth-order valence-electron chi connectivity index (χ4n) is 3.17. The molecule has 0 radical (unpaired) electrons. The highest BCUT2D eigenvalue weighted by atomic mass is 79.9. The lowest BCUT2D eigenvalue weighted by atomic mass is 9.89. The van der Waals surface area contributed by atoms with Gasteiger partial charge in [0.05, 0.1) is 5.56 Å². The summed E-state index contributed by atoms with van der Waals surface area (Å²) in [7, 11) is 0. The standard InChI is InChI=1S/C19H20BrNO2/c20-18-7-5-15(6-8-18)16-9-11-21(12-10-16)13-14-1-3-17(4-2-14)19(22)23/h1-8,16H,9-13H2,(H,22,23). The van der Waals surface area contributed by atoms with Crippen molar-refractivity contribution >= 4 is 21.9 Å². The number of hydrogen-bond donors (Lipinski definition) is 1. The summed E-state index contributed by atoms with van der Waals surface area (Å²) in [6.07, 6.45) is 2.35. The number of benzene rings is 2. The molecule has 0 atom stereocenters. The highest BCUT2D eigenvalue weighted by molar-refractivity contribution is 9.10. The van der Waals surface area contributed by atoms with Crippen LogP contribution in [0.3, 0.4) is 0 Å². The first-order valence-electron chi connectivity index (χ1n) is 7.92. The molecule has 0 amide bonds. The van der Waals surface area contributed by atoms with Crippen LogP contribution in [0.5, 0.6) is 0 Å². The van der Waals surface area contributed by atoms with E-state index in [0.717, 1.165) is 24.1 Å². The van der Waals surface area contributed by atoms with E-state index in [2.05, 4.69) is 45.1 Å². The summed E-state index contributed by atoms with van der Waals surface area (Å²) in [5.41, 5.74) is 2.96. The van der Waals surface area contributed by atoms with Gasteiger partial charge in [-0.3, -0.25) is 4.90 Å². The van der Waals surface area contributed by atoms with Crippen molar-refractivity contribution in [2.45, 2.75) is 25.3 Å². The van der Waals surface area contributed by atoms with Crippen molar-refractivity contribution in [3.8, 4) is 0 Å². The quantitative estimate of drug-likeness (QED) is 0.855. The fourth-order valence-corrected chi connectivity index (χ4v) is 3.43. The Morgan fingerprint density at radius 1 is 1.04 bits per heavy atom. The lowest BCUT2D eigenvalue weighted by Crippen LogP contribution is -2.32. The Hall–Kier alpha value is -1.65. The van der Waals surface area contributed by atoms with Crippen LogP contribution in [0.2, 0.25) is 0 Å². The van der Waals surface area contributed by atoms with Crippen molar-refractivity contribution in [1.29, 1.82) is 0 Å². The minimum Gasteiger partial charge on any atom is -0.478 e. The van der Waals surface area contributed by atoms with E-state index in [0.29, 0.717) is 11.5 Å². The van der Waals surface area contributed by atoms with Crippen LogP contribution in [-0.4, -0.2) is 29.1 Å². The van der Waals surface area contributed by atoms with Crippen LogP contribution in [0.25, 0.3) is 0 Å². The summed E-state index contributed by atoms with van der Waals surface area (Å²) >= 11 is 3.49. The third kappa shape index (κ3) is 4.21. The Labute approximate surface area is 145 Å². The minimum atomic E-state index is -0.869. The molecule has 3 nitrogen and oxygen atoms in total. The van der Waals surface area contributed by atoms with Gasteiger partial charge in [-0.2, -0.15) is 0 Å². The second-order valence-electron chi connectivity index (χ2n) is 6.10. The number of hydrogen-bond acceptors (Lipinski definition) is 2. The Kier molecular flexibility index (Phi) is 5.13. The average Bonchev–Trinajstić information content (AvgIpc) is 2.57. The van der Waals surface area contributed by atoms with Gasteiger partial charge in [-0.15, -0.1) is 0 Å². The second kappa shape index (κ2) is 7.28. The molecule has 0 saturated carbocycles. The molecule has 1 saturated heterocycles. The molecule has 1 aliphatic heterocycles. The summed E-state index contributed by atoms with van der Waals surface area (Å²) in [6.45, 7) is 3.07. The predicted octanol–water partition coefficient (Wildman–Crippen LogP) is 4.53. The van der Waals surface area contributed by atoms with Crippen LogP contribution < -0.4 is 0 Å². The highest BCUT2D eigenvalue weighted by Gasteiger charge is 2.20. The van der Waals surface area contributed by atoms with Crippen molar-refractivity contribution in [3.05, 3.63) is 69.7 Å². The van der Waals surface area contributed by atoms with E-state index in [-0.39, 0.29) is 0 Å². The van der Waals surface area contributed by atoms with Crippen molar-refractivity contribution in [2.24, 2.45) is 0 Å². The zero-order valence-corrected chi connectivity index (χ0v) is 14.5. The minimum absolute atomic E-state index is 0.350. The molecule has 2 aromatic rings. The number of carbonyl (C=O) groups is 1. The van der Waals surface area contributed by atoms with Crippen LogP contribution in [-0.2, 0) is 6.54 Å². The maximum Gasteiger partial charge on any atom is 0.335 e. The highest BCUT2D eigenvalue weighted by Crippen LogP contribution is 2.29. The Morgan fingerprint density at radius 2 is 1.65 bits per heavy atom. The van der Waals surface area contributed by atoms with E-state index in [1.807, 2.05) is 12.1 Å². The van der Waals surface area contributed by atoms with E-state index >= 15 is 0 Å². The van der Waals surface area contributed by atoms with Gasteiger partial charge in [-0.1, -0.05) is 40.2 Å². The number of rotatable bonds is 4. The first-order valence-corrected chi connectivity index (χ1v) is 8.71. The van der Waals surface area contributed by atoms with Gasteiger partial charge in [0.25, 0.3) is 0 Å². The van der Waals surface area contributed by atoms with Gasteiger partial charge in [0.1, 0.15) is 0 Å². The fraction of sp³-hybridized carbons (Fsp3) is 0.316. The van der Waals surface area contributed by atoms with Crippen molar-refractivity contribution < 1.29 is 9.90 Å². The largest absolute Gasteiger partial charge is 0.478 e. The number of piperidine rings is 1. The molecule has 1 N–H and O–H groups in total. The first-order chi connectivity index (χ1) is 11.1. The van der Waals surface area contributed by atoms with Gasteiger partial charge in [0.15, 0.2) is 0 Å². The van der Waals surface area contributed by atoms with Crippen molar-refractivity contribution in [1.82, 2.24) is 4.90 Å². The predicted molar refractivity (Wildman–Crippen MR) is 94.8 cm³/mol. The van der Waals surface area contributed by atoms with Gasteiger partial charge in [0.2, 0.25) is 0 Å². The van der Waals surface area contributed by atoms with Gasteiger partial charge in [0, 0.05) is 11.0 Å². The smallest absolute Gasteiger partial charge is 0.335 e. The van der Waals surface area contributed by atoms with E-state index in [1.165, 1.54) is 24.0 Å². The summed E-state index contributed by atoms with van der Waals surface area (Å²) in [5.74, 6) is -0.222. The molecule has 23 heavy (non-hydrogen) atoms. The monoisotopic (exact) mass is 373 g/mol. The third-order valence-electron chi connectivity index (χ3n) is 4.54. The number of halogens is 1. The molecular weight excluding hydrogens is 354 g/mol. The number of carboxylic acid groups (broad SMARTS) is 1. The lowest BCUT2D eigenvalue weighted by Gasteiger charge is -2.32. The Bertz CT molecular complexity index is 659. The van der Waals surface area contributed by atoms with E-state index < -0.39 is 5.97 Å². The molecular formula is C19H20BrNO2. The van der Waals surface area contributed by atoms with Crippen LogP contribution in [0, 0.1) is 0 Å². The topological polar surface area (TPSA) is 40.5 Å². The molecule has 0 bridgehead atoms. The lowest BCUT2D eigenvalue weighted by molar-refractivity contribution is 0.0697. The van der Waals surface area contributed by atoms with Crippen LogP contribution in [0.4, 0.5) is 0 Å². The molecule has 4 heteroatoms. The zero-order valence-electron chi connectivity index (χ0n) is 12.9. The van der Waals surface area contributed by atoms with Gasteiger partial charge in [-0.25, -0.2) is 4.79 Å². The summed E-state index contributed by atoms with van der Waals surface area (Å²) < 4.78 is 1.13. The maximum atomic E-state index is 10.9. The molecule has 0 spiro atoms. The van der Waals surface area contributed by atoms with Gasteiger partial charge < -0.3 is 5.11 Å². The number of nitrogens with zero attached hydrogens (tertiary/aromatic N) is 1. The summed E-state index contributed by atoms with van der Waals surface area (Å²) in [5, 5.41) is 8.94. The van der Waals surface area contributed by atoms with Crippen molar-refractivity contribution in [3.63, 3.8) is 0 Å². The Balaban J connectivity index is 1.54. The molecule has 2 aromatic carbocycles. The number of likely N-dealkylation sites (tertiary alicyclic amines) is 1. The van der Waals surface area contributed by atoms with Crippen LogP contribution >= 0.6 is 15.9 Å². The van der Waals surface area contributed by atoms with E-state index in [1.54, 1.807) is 12.1 Å². The molecule has 0 aliphatic carbocycles. The molecule has 3 rings (SSSR count). The molecule has 1 fully saturated rings. The molecule has 0 aromatic heterocycles. The number of carboxylic acids is 1. The average molecular weight is 374 g/mol. The summed E-state index contributed by atoms with van der Waals surface area (Å²) in [6, 6.07) is 15.9. The number of aromatic carboxylic acids is 1. The second-order valence-corrected chi connectivity index (χ2v) is 7.02. The van der Waals surface area contributed by atoms with Gasteiger partial charge >= 0.3 is 5.97 Å². The normalized spacial score (nSPS) is 16.4. The summed E-state index contributed by atoms with van der Waals surface area (Å²) in [4.78, 5) is 13.3. The van der Waals surface area contributed by atoms with E-state index in [4.69, 9.17) is 5.11 Å². The van der Waals surface area contributed by atoms with E-state index in [9.17, 15) is 4.79 Å². The zero-order chi connectivity index (χ0) is 16.2. The molecule has 0 unspecified atom stereocenters. The van der Waals surface area contributed by atoms with Gasteiger partial charge in [-0.05, 0) is 67.2 Å². The van der Waals surface area contributed by atoms with Crippen molar-refractivity contribution in [2.75, 3.05) is 13.1 Å². The Morgan fingerprint density at radius 3 is 2.22 bits per heavy atom. The maximum absolute atomic E-state index is 10.9. The molecule has 120 valence electrons. The van der Waals surface area contributed by atoms with Crippen LogP contribution in [0.1, 0.15) is 40.2 Å². The molecule has 1 aliphatic rings. The van der Waals surface area contributed by atoms with Crippen LogP contribution in [0.15, 0.2) is 53.0 Å². The molecule has 1 heterocycles. The SMILES string of the molecule is O=C(O)c1ccc(CN2CCC(c3ccc(Br)cc3)CC2)cc1. The first kappa shape index (κ1) is 16.2.